The van der Waals surface area contributed by atoms with Crippen LogP contribution in [0, 0.1) is 0 Å². The average Bonchev–Trinajstić information content (AvgIpc) is 3.77. The number of hydrogen-bond donors (Lipinski definition) is 0. The van der Waals surface area contributed by atoms with Gasteiger partial charge in [0.05, 0.1) is 16.7 Å². The Balaban J connectivity index is 1.01. The Morgan fingerprint density at radius 3 is 1.88 bits per heavy atom. The fraction of sp³-hybridized carbons (Fsp3) is 0.0566. The van der Waals surface area contributed by atoms with E-state index in [2.05, 4.69) is 205 Å². The predicted molar refractivity (Wildman–Crippen MR) is 237 cm³/mol. The molecule has 11 rings (SSSR count). The Kier molecular flexibility index (Phi) is 7.48. The summed E-state index contributed by atoms with van der Waals surface area (Å²) in [6.07, 6.45) is 2.08. The van der Waals surface area contributed by atoms with E-state index in [1.165, 1.54) is 33.4 Å². The van der Waals surface area contributed by atoms with Gasteiger partial charge in [0.25, 0.3) is 0 Å². The lowest BCUT2D eigenvalue weighted by Crippen LogP contribution is -2.15. The van der Waals surface area contributed by atoms with Crippen LogP contribution in [0.15, 0.2) is 194 Å². The minimum absolute atomic E-state index is 0.0535. The number of hydrogen-bond acceptors (Lipinski definition) is 3. The maximum absolute atomic E-state index is 5.24. The molecule has 57 heavy (non-hydrogen) atoms. The largest absolute Gasteiger partial charge is 0.310 e. The number of anilines is 3. The number of nitrogens with zero attached hydrogens (tertiary/aromatic N) is 4. The number of pyridine rings is 2. The van der Waals surface area contributed by atoms with E-state index in [-0.39, 0.29) is 5.41 Å². The fourth-order valence-corrected chi connectivity index (χ4v) is 8.93. The first-order valence-electron chi connectivity index (χ1n) is 19.6. The van der Waals surface area contributed by atoms with Crippen LogP contribution in [0.5, 0.6) is 0 Å². The maximum atomic E-state index is 5.24. The van der Waals surface area contributed by atoms with E-state index in [9.17, 15) is 0 Å². The molecule has 10 aromatic rings. The molecule has 0 radical (unpaired) electrons. The molecule has 1 aliphatic rings. The Morgan fingerprint density at radius 2 is 1.07 bits per heavy atom. The van der Waals surface area contributed by atoms with Crippen LogP contribution in [0.3, 0.4) is 0 Å². The first-order valence-corrected chi connectivity index (χ1v) is 19.6. The Bertz CT molecular complexity index is 3140. The highest BCUT2D eigenvalue weighted by Crippen LogP contribution is 2.50. The number of fused-ring (bicyclic) bond motifs is 8. The third kappa shape index (κ3) is 5.37. The predicted octanol–water partition coefficient (Wildman–Crippen LogP) is 13.8. The third-order valence-electron chi connectivity index (χ3n) is 11.8. The zero-order valence-corrected chi connectivity index (χ0v) is 31.8. The summed E-state index contributed by atoms with van der Waals surface area (Å²) in [6, 6.07) is 67.5. The molecule has 270 valence electrons. The van der Waals surface area contributed by atoms with E-state index >= 15 is 0 Å². The van der Waals surface area contributed by atoms with Gasteiger partial charge in [0, 0.05) is 39.6 Å². The van der Waals surface area contributed by atoms with Crippen molar-refractivity contribution in [3.63, 3.8) is 0 Å². The number of aromatic nitrogens is 3. The molecule has 1 aliphatic carbocycles. The molecule has 4 heteroatoms. The molecular formula is C53H38N4. The summed E-state index contributed by atoms with van der Waals surface area (Å²) < 4.78 is 2.16. The maximum Gasteiger partial charge on any atom is 0.137 e. The Labute approximate surface area is 332 Å². The molecule has 0 atom stereocenters. The van der Waals surface area contributed by atoms with Gasteiger partial charge >= 0.3 is 0 Å². The van der Waals surface area contributed by atoms with Crippen molar-refractivity contribution >= 4 is 44.6 Å². The molecule has 0 saturated carbocycles. The summed E-state index contributed by atoms with van der Waals surface area (Å²) >= 11 is 0. The molecule has 0 saturated heterocycles. The first kappa shape index (κ1) is 33.1. The molecule has 0 spiro atoms. The Hall–Kier alpha value is -7.30. The number of rotatable bonds is 6. The number of imidazole rings is 1. The number of para-hydroxylation sites is 1. The van der Waals surface area contributed by atoms with Gasteiger partial charge in [-0.25, -0.2) is 9.97 Å². The molecule has 0 bridgehead atoms. The second-order valence-corrected chi connectivity index (χ2v) is 15.5. The van der Waals surface area contributed by atoms with Crippen molar-refractivity contribution in [3.05, 3.63) is 205 Å². The van der Waals surface area contributed by atoms with Crippen molar-refractivity contribution in [1.29, 1.82) is 0 Å². The summed E-state index contributed by atoms with van der Waals surface area (Å²) in [5.41, 5.74) is 19.1. The lowest BCUT2D eigenvalue weighted by atomic mass is 9.82. The minimum Gasteiger partial charge on any atom is -0.310 e. The molecule has 7 aromatic carbocycles. The van der Waals surface area contributed by atoms with Gasteiger partial charge < -0.3 is 4.90 Å². The van der Waals surface area contributed by atoms with E-state index in [1.807, 2.05) is 12.1 Å². The summed E-state index contributed by atoms with van der Waals surface area (Å²) in [5, 5.41) is 1.06. The lowest BCUT2D eigenvalue weighted by molar-refractivity contribution is 0.660. The highest BCUT2D eigenvalue weighted by molar-refractivity contribution is 6.09. The molecule has 3 heterocycles. The lowest BCUT2D eigenvalue weighted by Gasteiger charge is -2.27. The summed E-state index contributed by atoms with van der Waals surface area (Å²) in [5.74, 6) is 0. The molecule has 3 aromatic heterocycles. The Morgan fingerprint density at radius 1 is 0.456 bits per heavy atom. The highest BCUT2D eigenvalue weighted by atomic mass is 15.1. The van der Waals surface area contributed by atoms with Crippen molar-refractivity contribution in [2.45, 2.75) is 19.3 Å². The van der Waals surface area contributed by atoms with Gasteiger partial charge in [0.15, 0.2) is 0 Å². The van der Waals surface area contributed by atoms with Crippen molar-refractivity contribution in [3.8, 4) is 44.6 Å². The van der Waals surface area contributed by atoms with Crippen LogP contribution in [0.1, 0.15) is 25.0 Å². The van der Waals surface area contributed by atoms with Crippen LogP contribution >= 0.6 is 0 Å². The van der Waals surface area contributed by atoms with Crippen LogP contribution in [-0.4, -0.2) is 14.4 Å². The standard InChI is InChI=1S/C53H38N4/c1-53(2)46-19-8-6-17-43(46)45-34-42(30-31-47(45)53)57(40-26-22-36(23-27-40)35-13-4-3-5-14-35)41-28-24-37(25-29-41)38-15-12-16-39(33-38)50-52-51(44-18-7-9-20-48(44)54-50)55-49-21-10-11-32-56(49)52/h3-34H,1-2H3. The zero-order chi connectivity index (χ0) is 38.1. The van der Waals surface area contributed by atoms with E-state index in [1.54, 1.807) is 0 Å². The van der Waals surface area contributed by atoms with Gasteiger partial charge in [-0.3, -0.25) is 4.40 Å². The first-order chi connectivity index (χ1) is 28.0. The van der Waals surface area contributed by atoms with E-state index in [4.69, 9.17) is 9.97 Å². The molecule has 4 nitrogen and oxygen atoms in total. The van der Waals surface area contributed by atoms with E-state index < -0.39 is 0 Å². The molecule has 0 unspecified atom stereocenters. The molecule has 0 N–H and O–H groups in total. The molecule has 0 amide bonds. The highest BCUT2D eigenvalue weighted by Gasteiger charge is 2.35. The monoisotopic (exact) mass is 730 g/mol. The van der Waals surface area contributed by atoms with Crippen LogP contribution in [0.2, 0.25) is 0 Å². The SMILES string of the molecule is CC1(C)c2ccccc2-c2cc(N(c3ccc(-c4ccccc4)cc3)c3ccc(-c4cccc(-c5nc6ccccc6c6nc7ccccn7c56)c4)cc3)ccc21. The van der Waals surface area contributed by atoms with Crippen LogP contribution < -0.4 is 4.90 Å². The summed E-state index contributed by atoms with van der Waals surface area (Å²) in [7, 11) is 0. The minimum atomic E-state index is -0.0535. The third-order valence-corrected chi connectivity index (χ3v) is 11.8. The second-order valence-electron chi connectivity index (χ2n) is 15.5. The average molecular weight is 731 g/mol. The fourth-order valence-electron chi connectivity index (χ4n) is 8.93. The number of benzene rings is 7. The molecular weight excluding hydrogens is 693 g/mol. The van der Waals surface area contributed by atoms with Gasteiger partial charge in [0.2, 0.25) is 0 Å². The van der Waals surface area contributed by atoms with Gasteiger partial charge in [0.1, 0.15) is 11.2 Å². The smallest absolute Gasteiger partial charge is 0.137 e. The normalized spacial score (nSPS) is 12.9. The molecule has 0 fully saturated rings. The van der Waals surface area contributed by atoms with Gasteiger partial charge in [-0.2, -0.15) is 0 Å². The van der Waals surface area contributed by atoms with E-state index in [0.717, 1.165) is 67.0 Å². The van der Waals surface area contributed by atoms with Gasteiger partial charge in [-0.05, 0) is 105 Å². The zero-order valence-electron chi connectivity index (χ0n) is 31.8. The van der Waals surface area contributed by atoms with Crippen molar-refractivity contribution < 1.29 is 0 Å². The van der Waals surface area contributed by atoms with Crippen molar-refractivity contribution in [1.82, 2.24) is 14.4 Å². The van der Waals surface area contributed by atoms with E-state index in [0.29, 0.717) is 0 Å². The van der Waals surface area contributed by atoms with Gasteiger partial charge in [-0.1, -0.05) is 141 Å². The topological polar surface area (TPSA) is 33.4 Å². The molecule has 0 aliphatic heterocycles. The summed E-state index contributed by atoms with van der Waals surface area (Å²) in [6.45, 7) is 4.67. The van der Waals surface area contributed by atoms with Crippen molar-refractivity contribution in [2.24, 2.45) is 0 Å². The second kappa shape index (κ2) is 12.9. The van der Waals surface area contributed by atoms with Crippen LogP contribution in [0.4, 0.5) is 17.1 Å². The van der Waals surface area contributed by atoms with Crippen LogP contribution in [-0.2, 0) is 5.41 Å². The van der Waals surface area contributed by atoms with Gasteiger partial charge in [-0.15, -0.1) is 0 Å². The van der Waals surface area contributed by atoms with Crippen molar-refractivity contribution in [2.75, 3.05) is 4.90 Å². The van der Waals surface area contributed by atoms with Crippen LogP contribution in [0.25, 0.3) is 72.2 Å². The quantitative estimate of drug-likeness (QED) is 0.171. The summed E-state index contributed by atoms with van der Waals surface area (Å²) in [4.78, 5) is 12.7.